The maximum atomic E-state index is 4.49. The van der Waals surface area contributed by atoms with E-state index in [1.807, 2.05) is 31.8 Å². The Hall–Kier alpha value is -0.770. The fourth-order valence-electron chi connectivity index (χ4n) is 1.71. The minimum atomic E-state index is 0.584. The molecule has 0 aromatic carbocycles. The quantitative estimate of drug-likeness (QED) is 0.835. The molecule has 82 valence electrons. The molecule has 0 saturated carbocycles. The number of anilines is 1. The first-order valence-corrected chi connectivity index (χ1v) is 6.55. The van der Waals surface area contributed by atoms with Gasteiger partial charge in [0.25, 0.3) is 0 Å². The van der Waals surface area contributed by atoms with Gasteiger partial charge < -0.3 is 5.32 Å². The van der Waals surface area contributed by atoms with E-state index in [1.165, 1.54) is 24.3 Å². The highest BCUT2D eigenvalue weighted by atomic mass is 32.2. The smallest absolute Gasteiger partial charge is 0.147 e. The van der Waals surface area contributed by atoms with Crippen molar-refractivity contribution in [1.29, 1.82) is 0 Å². The van der Waals surface area contributed by atoms with Gasteiger partial charge in [0, 0.05) is 12.2 Å². The lowest BCUT2D eigenvalue weighted by atomic mass is 10.1. The van der Waals surface area contributed by atoms with Crippen molar-refractivity contribution < 1.29 is 0 Å². The number of nitrogens with zero attached hydrogens (tertiary/aromatic N) is 2. The van der Waals surface area contributed by atoms with Crippen LogP contribution in [0.2, 0.25) is 0 Å². The van der Waals surface area contributed by atoms with Crippen molar-refractivity contribution in [3.63, 3.8) is 0 Å². The first-order chi connectivity index (χ1) is 7.25. The molecule has 1 aromatic rings. The number of hydrogen-bond donors (Lipinski definition) is 1. The van der Waals surface area contributed by atoms with Gasteiger partial charge in [-0.1, -0.05) is 0 Å². The zero-order chi connectivity index (χ0) is 10.7. The van der Waals surface area contributed by atoms with Crippen molar-refractivity contribution in [2.75, 3.05) is 16.8 Å². The third kappa shape index (κ3) is 2.84. The summed E-state index contributed by atoms with van der Waals surface area (Å²) in [6.45, 7) is 3.99. The Kier molecular flexibility index (Phi) is 3.46. The fourth-order valence-corrected chi connectivity index (χ4v) is 2.82. The van der Waals surface area contributed by atoms with Gasteiger partial charge in [-0.25, -0.2) is 4.98 Å². The van der Waals surface area contributed by atoms with E-state index in [-0.39, 0.29) is 0 Å². The standard InChI is InChI=1S/C11H17N3S/c1-8-7-12-9(2)11(13-8)14-10-3-5-15-6-4-10/h7,10H,3-6H2,1-2H3,(H,13,14). The molecule has 1 aliphatic rings. The topological polar surface area (TPSA) is 37.8 Å². The largest absolute Gasteiger partial charge is 0.366 e. The summed E-state index contributed by atoms with van der Waals surface area (Å²) in [7, 11) is 0. The number of thioether (sulfide) groups is 1. The molecule has 0 bridgehead atoms. The molecule has 4 heteroatoms. The molecule has 0 radical (unpaired) electrons. The summed E-state index contributed by atoms with van der Waals surface area (Å²) in [5.41, 5.74) is 1.98. The monoisotopic (exact) mass is 223 g/mol. The summed E-state index contributed by atoms with van der Waals surface area (Å²) in [6.07, 6.45) is 4.29. The van der Waals surface area contributed by atoms with E-state index >= 15 is 0 Å². The molecule has 0 amide bonds. The summed E-state index contributed by atoms with van der Waals surface area (Å²) >= 11 is 2.04. The van der Waals surface area contributed by atoms with Gasteiger partial charge >= 0.3 is 0 Å². The predicted octanol–water partition coefficient (Wildman–Crippen LogP) is 2.40. The molecule has 2 rings (SSSR count). The summed E-state index contributed by atoms with van der Waals surface area (Å²) < 4.78 is 0. The van der Waals surface area contributed by atoms with Gasteiger partial charge in [0.2, 0.25) is 0 Å². The molecule has 2 heterocycles. The second-order valence-electron chi connectivity index (χ2n) is 3.98. The van der Waals surface area contributed by atoms with E-state index in [0.29, 0.717) is 6.04 Å². The third-order valence-corrected chi connectivity index (χ3v) is 3.69. The molecule has 0 unspecified atom stereocenters. The Morgan fingerprint density at radius 1 is 1.33 bits per heavy atom. The van der Waals surface area contributed by atoms with Crippen LogP contribution in [-0.2, 0) is 0 Å². The first kappa shape index (κ1) is 10.7. The Morgan fingerprint density at radius 3 is 2.80 bits per heavy atom. The highest BCUT2D eigenvalue weighted by molar-refractivity contribution is 7.99. The van der Waals surface area contributed by atoms with Gasteiger partial charge in [0.05, 0.1) is 11.4 Å². The number of nitrogens with one attached hydrogen (secondary N) is 1. The lowest BCUT2D eigenvalue weighted by Crippen LogP contribution is -2.25. The van der Waals surface area contributed by atoms with Crippen LogP contribution in [0.5, 0.6) is 0 Å². The number of hydrogen-bond acceptors (Lipinski definition) is 4. The van der Waals surface area contributed by atoms with Crippen molar-refractivity contribution in [2.45, 2.75) is 32.7 Å². The minimum absolute atomic E-state index is 0.584. The van der Waals surface area contributed by atoms with Gasteiger partial charge in [-0.3, -0.25) is 4.98 Å². The zero-order valence-corrected chi connectivity index (χ0v) is 10.1. The van der Waals surface area contributed by atoms with Gasteiger partial charge in [-0.2, -0.15) is 11.8 Å². The highest BCUT2D eigenvalue weighted by Gasteiger charge is 2.14. The summed E-state index contributed by atoms with van der Waals surface area (Å²) in [4.78, 5) is 8.80. The van der Waals surface area contributed by atoms with Crippen molar-refractivity contribution in [2.24, 2.45) is 0 Å². The lowest BCUT2D eigenvalue weighted by molar-refractivity contribution is 0.661. The average Bonchev–Trinajstić information content (AvgIpc) is 2.25. The van der Waals surface area contributed by atoms with E-state index in [2.05, 4.69) is 15.3 Å². The van der Waals surface area contributed by atoms with Crippen molar-refractivity contribution >= 4 is 17.6 Å². The van der Waals surface area contributed by atoms with Gasteiger partial charge in [-0.15, -0.1) is 0 Å². The third-order valence-electron chi connectivity index (χ3n) is 2.64. The zero-order valence-electron chi connectivity index (χ0n) is 9.29. The molecule has 0 aliphatic carbocycles. The lowest BCUT2D eigenvalue weighted by Gasteiger charge is -2.23. The molecule has 0 atom stereocenters. The van der Waals surface area contributed by atoms with Crippen molar-refractivity contribution in [3.8, 4) is 0 Å². The first-order valence-electron chi connectivity index (χ1n) is 5.40. The Morgan fingerprint density at radius 2 is 2.07 bits per heavy atom. The van der Waals surface area contributed by atoms with Crippen molar-refractivity contribution in [1.82, 2.24) is 9.97 Å². The summed E-state index contributed by atoms with van der Waals surface area (Å²) in [5, 5.41) is 3.50. The van der Waals surface area contributed by atoms with Crippen LogP contribution in [0, 0.1) is 13.8 Å². The number of aryl methyl sites for hydroxylation is 2. The summed E-state index contributed by atoms with van der Waals surface area (Å²) in [6, 6.07) is 0.584. The van der Waals surface area contributed by atoms with Crippen LogP contribution in [0.1, 0.15) is 24.2 Å². The van der Waals surface area contributed by atoms with Crippen LogP contribution < -0.4 is 5.32 Å². The molecule has 0 spiro atoms. The van der Waals surface area contributed by atoms with Gasteiger partial charge in [0.1, 0.15) is 5.82 Å². The minimum Gasteiger partial charge on any atom is -0.366 e. The van der Waals surface area contributed by atoms with E-state index < -0.39 is 0 Å². The van der Waals surface area contributed by atoms with Crippen LogP contribution in [0.25, 0.3) is 0 Å². The maximum absolute atomic E-state index is 4.49. The SMILES string of the molecule is Cc1cnc(C)c(NC2CCSCC2)n1. The van der Waals surface area contributed by atoms with Crippen LogP contribution in [0.3, 0.4) is 0 Å². The average molecular weight is 223 g/mol. The number of aromatic nitrogens is 2. The Labute approximate surface area is 95.1 Å². The van der Waals surface area contributed by atoms with E-state index in [0.717, 1.165) is 17.2 Å². The van der Waals surface area contributed by atoms with Gasteiger partial charge in [-0.05, 0) is 38.2 Å². The Bertz CT molecular complexity index is 335. The fraction of sp³-hybridized carbons (Fsp3) is 0.636. The van der Waals surface area contributed by atoms with Crippen molar-refractivity contribution in [3.05, 3.63) is 17.6 Å². The maximum Gasteiger partial charge on any atom is 0.147 e. The Balaban J connectivity index is 2.05. The molecule has 1 aliphatic heterocycles. The van der Waals surface area contributed by atoms with Crippen LogP contribution in [-0.4, -0.2) is 27.5 Å². The van der Waals surface area contributed by atoms with Crippen LogP contribution in [0.15, 0.2) is 6.20 Å². The molecule has 3 nitrogen and oxygen atoms in total. The predicted molar refractivity (Wildman–Crippen MR) is 65.5 cm³/mol. The molecule has 1 saturated heterocycles. The second kappa shape index (κ2) is 4.84. The number of rotatable bonds is 2. The van der Waals surface area contributed by atoms with Gasteiger partial charge in [0.15, 0.2) is 0 Å². The molecule has 15 heavy (non-hydrogen) atoms. The van der Waals surface area contributed by atoms with Crippen LogP contribution >= 0.6 is 11.8 Å². The second-order valence-corrected chi connectivity index (χ2v) is 5.20. The molecule has 1 aromatic heterocycles. The van der Waals surface area contributed by atoms with Crippen LogP contribution in [0.4, 0.5) is 5.82 Å². The van der Waals surface area contributed by atoms with E-state index in [1.54, 1.807) is 0 Å². The normalized spacial score (nSPS) is 17.7. The molecule has 1 fully saturated rings. The molecule has 1 N–H and O–H groups in total. The molecular formula is C11H17N3S. The summed E-state index contributed by atoms with van der Waals surface area (Å²) in [5.74, 6) is 3.48. The molecular weight excluding hydrogens is 206 g/mol. The van der Waals surface area contributed by atoms with E-state index in [9.17, 15) is 0 Å². The highest BCUT2D eigenvalue weighted by Crippen LogP contribution is 2.21. The van der Waals surface area contributed by atoms with E-state index in [4.69, 9.17) is 0 Å².